The van der Waals surface area contributed by atoms with Crippen molar-refractivity contribution in [1.82, 2.24) is 0 Å². The minimum atomic E-state index is -2.80. The molecule has 1 fully saturated rings. The van der Waals surface area contributed by atoms with Gasteiger partial charge in [0, 0.05) is 15.3 Å². The lowest BCUT2D eigenvalue weighted by Crippen LogP contribution is -2.21. The van der Waals surface area contributed by atoms with Crippen LogP contribution in [-0.2, 0) is 9.84 Å². The van der Waals surface area contributed by atoms with Crippen LogP contribution in [0.15, 0.2) is 18.2 Å². The molecule has 1 aliphatic rings. The second-order valence-corrected chi connectivity index (χ2v) is 7.68. The average Bonchev–Trinajstić information content (AvgIpc) is 2.51. The van der Waals surface area contributed by atoms with Crippen molar-refractivity contribution < 1.29 is 8.42 Å². The Labute approximate surface area is 110 Å². The van der Waals surface area contributed by atoms with Gasteiger partial charge in [-0.2, -0.15) is 0 Å². The van der Waals surface area contributed by atoms with E-state index in [4.69, 9.17) is 0 Å². The third-order valence-corrected chi connectivity index (χ3v) is 5.22. The molecule has 3 nitrogen and oxygen atoms in total. The number of halogens is 1. The normalized spacial score (nSPS) is 23.2. The maximum absolute atomic E-state index is 11.3. The van der Waals surface area contributed by atoms with Gasteiger partial charge in [-0.3, -0.25) is 0 Å². The Balaban J connectivity index is 2.11. The Morgan fingerprint density at radius 1 is 1.44 bits per heavy atom. The number of anilines is 1. The molecule has 1 saturated heterocycles. The summed E-state index contributed by atoms with van der Waals surface area (Å²) >= 11 is 2.27. The molecule has 0 aliphatic carbocycles. The molecule has 1 N–H and O–H groups in total. The highest BCUT2D eigenvalue weighted by Crippen LogP contribution is 2.22. The summed E-state index contributed by atoms with van der Waals surface area (Å²) in [6, 6.07) is 6.21. The summed E-state index contributed by atoms with van der Waals surface area (Å²) in [6.07, 6.45) is 0.716. The summed E-state index contributed by atoms with van der Waals surface area (Å²) in [5.74, 6) is 0.576. The predicted molar refractivity (Wildman–Crippen MR) is 74.6 cm³/mol. The van der Waals surface area contributed by atoms with Crippen molar-refractivity contribution in [2.75, 3.05) is 16.8 Å². The Morgan fingerprint density at radius 3 is 2.75 bits per heavy atom. The van der Waals surface area contributed by atoms with Gasteiger partial charge in [0.1, 0.15) is 0 Å². The lowest BCUT2D eigenvalue weighted by Gasteiger charge is -2.14. The van der Waals surface area contributed by atoms with Crippen LogP contribution in [0.2, 0.25) is 0 Å². The van der Waals surface area contributed by atoms with Crippen LogP contribution < -0.4 is 5.32 Å². The molecular weight excluding hydrogens is 337 g/mol. The Hall–Kier alpha value is -0.300. The Morgan fingerprint density at radius 2 is 2.19 bits per heavy atom. The summed E-state index contributed by atoms with van der Waals surface area (Å²) in [6.45, 7) is 2.04. The van der Waals surface area contributed by atoms with Crippen LogP contribution in [0.5, 0.6) is 0 Å². The van der Waals surface area contributed by atoms with Crippen molar-refractivity contribution in [1.29, 1.82) is 0 Å². The van der Waals surface area contributed by atoms with E-state index in [2.05, 4.69) is 34.0 Å². The van der Waals surface area contributed by atoms with Crippen LogP contribution in [0.4, 0.5) is 5.69 Å². The van der Waals surface area contributed by atoms with Crippen LogP contribution in [0, 0.1) is 10.5 Å². The van der Waals surface area contributed by atoms with Crippen molar-refractivity contribution in [2.45, 2.75) is 19.4 Å². The van der Waals surface area contributed by atoms with E-state index in [-0.39, 0.29) is 11.8 Å². The molecule has 1 atom stereocenters. The first-order chi connectivity index (χ1) is 7.46. The van der Waals surface area contributed by atoms with Crippen LogP contribution in [0.25, 0.3) is 0 Å². The molecule has 1 heterocycles. The largest absolute Gasteiger partial charge is 0.381 e. The second kappa shape index (κ2) is 4.52. The molecule has 5 heteroatoms. The van der Waals surface area contributed by atoms with Crippen LogP contribution >= 0.6 is 22.6 Å². The van der Waals surface area contributed by atoms with Gasteiger partial charge >= 0.3 is 0 Å². The topological polar surface area (TPSA) is 46.2 Å². The highest BCUT2D eigenvalue weighted by molar-refractivity contribution is 14.1. The fourth-order valence-corrected chi connectivity index (χ4v) is 4.24. The van der Waals surface area contributed by atoms with Gasteiger partial charge in [0.25, 0.3) is 0 Å². The summed E-state index contributed by atoms with van der Waals surface area (Å²) in [5.41, 5.74) is 2.21. The number of hydrogen-bond donors (Lipinski definition) is 1. The van der Waals surface area contributed by atoms with E-state index in [0.29, 0.717) is 12.2 Å². The second-order valence-electron chi connectivity index (χ2n) is 4.20. The van der Waals surface area contributed by atoms with Gasteiger partial charge in [-0.15, -0.1) is 0 Å². The van der Waals surface area contributed by atoms with Crippen molar-refractivity contribution in [3.63, 3.8) is 0 Å². The first-order valence-corrected chi connectivity index (χ1v) is 8.09. The molecule has 0 radical (unpaired) electrons. The van der Waals surface area contributed by atoms with E-state index in [1.165, 1.54) is 3.57 Å². The fraction of sp³-hybridized carbons (Fsp3) is 0.455. The molecule has 1 aromatic rings. The first-order valence-electron chi connectivity index (χ1n) is 5.19. The first kappa shape index (κ1) is 12.2. The van der Waals surface area contributed by atoms with Crippen LogP contribution in [0.3, 0.4) is 0 Å². The van der Waals surface area contributed by atoms with Gasteiger partial charge in [0.05, 0.1) is 11.5 Å². The van der Waals surface area contributed by atoms with E-state index in [9.17, 15) is 8.42 Å². The van der Waals surface area contributed by atoms with E-state index in [0.717, 1.165) is 11.3 Å². The quantitative estimate of drug-likeness (QED) is 0.831. The predicted octanol–water partition coefficient (Wildman–Crippen LogP) is 2.20. The molecule has 1 aromatic carbocycles. The molecule has 2 rings (SSSR count). The molecule has 0 amide bonds. The standard InChI is InChI=1S/C11H14INO2S/c1-8-6-9(12)2-3-11(8)13-10-4-5-16(14,15)7-10/h2-3,6,10,13H,4-5,7H2,1H3. The molecule has 16 heavy (non-hydrogen) atoms. The number of aryl methyl sites for hydroxylation is 1. The van der Waals surface area contributed by atoms with E-state index in [1.807, 2.05) is 19.1 Å². The minimum Gasteiger partial charge on any atom is -0.381 e. The molecular formula is C11H14INO2S. The highest BCUT2D eigenvalue weighted by atomic mass is 127. The van der Waals surface area contributed by atoms with Crippen LogP contribution in [0.1, 0.15) is 12.0 Å². The Bertz CT molecular complexity index is 499. The van der Waals surface area contributed by atoms with E-state index >= 15 is 0 Å². The lowest BCUT2D eigenvalue weighted by atomic mass is 10.1. The van der Waals surface area contributed by atoms with Crippen molar-refractivity contribution in [3.05, 3.63) is 27.3 Å². The summed E-state index contributed by atoms with van der Waals surface area (Å²) in [5, 5.41) is 3.31. The molecule has 1 unspecified atom stereocenters. The summed E-state index contributed by atoms with van der Waals surface area (Å²) < 4.78 is 23.9. The number of nitrogens with one attached hydrogen (secondary N) is 1. The summed E-state index contributed by atoms with van der Waals surface area (Å²) in [7, 11) is -2.80. The smallest absolute Gasteiger partial charge is 0.152 e. The van der Waals surface area contributed by atoms with E-state index in [1.54, 1.807) is 0 Å². The molecule has 0 aromatic heterocycles. The molecule has 88 valence electrons. The molecule has 0 saturated carbocycles. The van der Waals surface area contributed by atoms with E-state index < -0.39 is 9.84 Å². The molecule has 0 spiro atoms. The average molecular weight is 351 g/mol. The van der Waals surface area contributed by atoms with Crippen molar-refractivity contribution in [3.8, 4) is 0 Å². The van der Waals surface area contributed by atoms with Gasteiger partial charge in [-0.05, 0) is 59.7 Å². The maximum Gasteiger partial charge on any atom is 0.152 e. The summed E-state index contributed by atoms with van der Waals surface area (Å²) in [4.78, 5) is 0. The molecule has 0 bridgehead atoms. The zero-order valence-corrected chi connectivity index (χ0v) is 12.0. The highest BCUT2D eigenvalue weighted by Gasteiger charge is 2.27. The number of rotatable bonds is 2. The maximum atomic E-state index is 11.3. The van der Waals surface area contributed by atoms with Gasteiger partial charge in [-0.25, -0.2) is 8.42 Å². The lowest BCUT2D eigenvalue weighted by molar-refractivity contribution is 0.602. The monoisotopic (exact) mass is 351 g/mol. The zero-order chi connectivity index (χ0) is 11.8. The van der Waals surface area contributed by atoms with Gasteiger partial charge in [0.2, 0.25) is 0 Å². The van der Waals surface area contributed by atoms with Crippen LogP contribution in [-0.4, -0.2) is 26.0 Å². The molecule has 1 aliphatic heterocycles. The van der Waals surface area contributed by atoms with Crippen molar-refractivity contribution >= 4 is 38.1 Å². The van der Waals surface area contributed by atoms with Gasteiger partial charge in [-0.1, -0.05) is 0 Å². The minimum absolute atomic E-state index is 0.0729. The van der Waals surface area contributed by atoms with Crippen molar-refractivity contribution in [2.24, 2.45) is 0 Å². The number of benzene rings is 1. The number of sulfone groups is 1. The Kier molecular flexibility index (Phi) is 3.44. The number of hydrogen-bond acceptors (Lipinski definition) is 3. The van der Waals surface area contributed by atoms with Gasteiger partial charge in [0.15, 0.2) is 9.84 Å². The SMILES string of the molecule is Cc1cc(I)ccc1NC1CCS(=O)(=O)C1. The third kappa shape index (κ3) is 2.88. The third-order valence-electron chi connectivity index (χ3n) is 2.78. The fourth-order valence-electron chi connectivity index (χ4n) is 1.92. The zero-order valence-electron chi connectivity index (χ0n) is 9.03. The van der Waals surface area contributed by atoms with Gasteiger partial charge < -0.3 is 5.32 Å².